The van der Waals surface area contributed by atoms with Crippen LogP contribution in [0.2, 0.25) is 10.0 Å². The van der Waals surface area contributed by atoms with E-state index in [1.165, 1.54) is 12.1 Å². The summed E-state index contributed by atoms with van der Waals surface area (Å²) >= 11 is 11.9. The lowest BCUT2D eigenvalue weighted by molar-refractivity contribution is -0.385. The number of amides is 1. The van der Waals surface area contributed by atoms with Gasteiger partial charge in [0.05, 0.1) is 33.4 Å². The van der Waals surface area contributed by atoms with Crippen molar-refractivity contribution in [3.8, 4) is 0 Å². The lowest BCUT2D eigenvalue weighted by Gasteiger charge is -2.11. The zero-order chi connectivity index (χ0) is 17.0. The van der Waals surface area contributed by atoms with Gasteiger partial charge in [-0.15, -0.1) is 0 Å². The molecule has 2 rings (SSSR count). The van der Waals surface area contributed by atoms with Crippen molar-refractivity contribution in [2.75, 3.05) is 17.2 Å². The highest BCUT2D eigenvalue weighted by Crippen LogP contribution is 2.26. The van der Waals surface area contributed by atoms with Gasteiger partial charge in [-0.2, -0.15) is 0 Å². The highest BCUT2D eigenvalue weighted by Gasteiger charge is 2.14. The fourth-order valence-corrected chi connectivity index (χ4v) is 2.32. The van der Waals surface area contributed by atoms with Crippen LogP contribution in [0, 0.1) is 17.0 Å². The average molecular weight is 354 g/mol. The largest absolute Gasteiger partial charge is 0.375 e. The Balaban J connectivity index is 2.04. The molecule has 0 saturated carbocycles. The van der Waals surface area contributed by atoms with E-state index in [4.69, 9.17) is 23.2 Å². The van der Waals surface area contributed by atoms with Crippen LogP contribution < -0.4 is 10.6 Å². The van der Waals surface area contributed by atoms with E-state index in [9.17, 15) is 14.9 Å². The van der Waals surface area contributed by atoms with E-state index in [0.717, 1.165) is 0 Å². The molecule has 2 N–H and O–H groups in total. The second-order valence-electron chi connectivity index (χ2n) is 4.73. The number of hydrogen-bond donors (Lipinski definition) is 2. The second kappa shape index (κ2) is 7.30. The van der Waals surface area contributed by atoms with Crippen molar-refractivity contribution < 1.29 is 9.72 Å². The summed E-state index contributed by atoms with van der Waals surface area (Å²) in [6, 6.07) is 9.37. The van der Waals surface area contributed by atoms with E-state index in [1.54, 1.807) is 31.2 Å². The van der Waals surface area contributed by atoms with Crippen molar-refractivity contribution in [1.82, 2.24) is 0 Å². The summed E-state index contributed by atoms with van der Waals surface area (Å²) in [6.45, 7) is 1.53. The molecule has 120 valence electrons. The maximum absolute atomic E-state index is 12.0. The zero-order valence-corrected chi connectivity index (χ0v) is 13.6. The van der Waals surface area contributed by atoms with E-state index < -0.39 is 4.92 Å². The molecule has 2 aromatic rings. The van der Waals surface area contributed by atoms with E-state index >= 15 is 0 Å². The Morgan fingerprint density at radius 3 is 2.65 bits per heavy atom. The van der Waals surface area contributed by atoms with Gasteiger partial charge in [0.1, 0.15) is 0 Å². The SMILES string of the molecule is Cc1c(NC(=O)CNc2cc(Cl)ccc2Cl)cccc1[N+](=O)[O-]. The Morgan fingerprint density at radius 2 is 1.96 bits per heavy atom. The lowest BCUT2D eigenvalue weighted by Crippen LogP contribution is -2.22. The third-order valence-corrected chi connectivity index (χ3v) is 3.71. The van der Waals surface area contributed by atoms with Crippen molar-refractivity contribution in [2.24, 2.45) is 0 Å². The lowest BCUT2D eigenvalue weighted by atomic mass is 10.1. The molecule has 2 aromatic carbocycles. The standard InChI is InChI=1S/C15H13Cl2N3O3/c1-9-12(3-2-4-14(9)20(22)23)19-15(21)8-18-13-7-10(16)5-6-11(13)17/h2-7,18H,8H2,1H3,(H,19,21). The Kier molecular flexibility index (Phi) is 5.41. The first kappa shape index (κ1) is 17.1. The highest BCUT2D eigenvalue weighted by atomic mass is 35.5. The monoisotopic (exact) mass is 353 g/mol. The molecule has 0 aliphatic heterocycles. The molecular formula is C15H13Cl2N3O3. The molecular weight excluding hydrogens is 341 g/mol. The minimum absolute atomic E-state index is 0.0476. The number of carbonyl (C=O) groups excluding carboxylic acids is 1. The number of nitrogens with one attached hydrogen (secondary N) is 2. The molecule has 0 bridgehead atoms. The molecule has 0 unspecified atom stereocenters. The van der Waals surface area contributed by atoms with E-state index in [0.29, 0.717) is 27.0 Å². The number of benzene rings is 2. The second-order valence-corrected chi connectivity index (χ2v) is 5.58. The fraction of sp³-hybridized carbons (Fsp3) is 0.133. The van der Waals surface area contributed by atoms with E-state index in [-0.39, 0.29) is 18.1 Å². The molecule has 0 atom stereocenters. The smallest absolute Gasteiger partial charge is 0.274 e. The van der Waals surface area contributed by atoms with Gasteiger partial charge in [0.25, 0.3) is 5.69 Å². The number of carbonyl (C=O) groups is 1. The van der Waals surface area contributed by atoms with Crippen LogP contribution >= 0.6 is 23.2 Å². The molecule has 0 saturated heterocycles. The highest BCUT2D eigenvalue weighted by molar-refractivity contribution is 6.35. The van der Waals surface area contributed by atoms with Gasteiger partial charge in [-0.1, -0.05) is 29.3 Å². The zero-order valence-electron chi connectivity index (χ0n) is 12.1. The van der Waals surface area contributed by atoms with Crippen LogP contribution in [0.4, 0.5) is 17.1 Å². The van der Waals surface area contributed by atoms with Gasteiger partial charge in [-0.25, -0.2) is 0 Å². The molecule has 0 heterocycles. The van der Waals surface area contributed by atoms with E-state index in [2.05, 4.69) is 10.6 Å². The predicted molar refractivity (Wildman–Crippen MR) is 91.4 cm³/mol. The minimum Gasteiger partial charge on any atom is -0.375 e. The third kappa shape index (κ3) is 4.34. The molecule has 1 amide bonds. The molecule has 0 aliphatic carbocycles. The van der Waals surface area contributed by atoms with Crippen LogP contribution in [-0.2, 0) is 4.79 Å². The van der Waals surface area contributed by atoms with Crippen molar-refractivity contribution in [3.63, 3.8) is 0 Å². The summed E-state index contributed by atoms with van der Waals surface area (Å²) in [4.78, 5) is 22.4. The number of halogens is 2. The van der Waals surface area contributed by atoms with Crippen molar-refractivity contribution in [3.05, 3.63) is 62.1 Å². The molecule has 23 heavy (non-hydrogen) atoms. The van der Waals surface area contributed by atoms with Crippen molar-refractivity contribution in [2.45, 2.75) is 6.92 Å². The topological polar surface area (TPSA) is 84.3 Å². The predicted octanol–water partition coefficient (Wildman–Crippen LogP) is 4.26. The number of nitro groups is 1. The van der Waals surface area contributed by atoms with Crippen molar-refractivity contribution >= 4 is 46.2 Å². The Bertz CT molecular complexity index is 766. The van der Waals surface area contributed by atoms with Crippen LogP contribution in [0.5, 0.6) is 0 Å². The fourth-order valence-electron chi connectivity index (χ4n) is 1.96. The summed E-state index contributed by atoms with van der Waals surface area (Å²) in [5.74, 6) is -0.357. The van der Waals surface area contributed by atoms with E-state index in [1.807, 2.05) is 0 Å². The Morgan fingerprint density at radius 1 is 1.22 bits per heavy atom. The maximum atomic E-state index is 12.0. The summed E-state index contributed by atoms with van der Waals surface area (Å²) in [7, 11) is 0. The quantitative estimate of drug-likeness (QED) is 0.621. The molecule has 0 aliphatic rings. The maximum Gasteiger partial charge on any atom is 0.274 e. The third-order valence-electron chi connectivity index (χ3n) is 3.14. The first-order valence-electron chi connectivity index (χ1n) is 6.61. The average Bonchev–Trinajstić information content (AvgIpc) is 2.50. The van der Waals surface area contributed by atoms with Gasteiger partial charge in [-0.05, 0) is 31.2 Å². The van der Waals surface area contributed by atoms with Crippen LogP contribution in [-0.4, -0.2) is 17.4 Å². The van der Waals surface area contributed by atoms with Crippen LogP contribution in [0.3, 0.4) is 0 Å². The number of nitrogens with zero attached hydrogens (tertiary/aromatic N) is 1. The normalized spacial score (nSPS) is 10.2. The van der Waals surface area contributed by atoms with Crippen molar-refractivity contribution in [1.29, 1.82) is 0 Å². The van der Waals surface area contributed by atoms with Gasteiger partial charge in [0, 0.05) is 11.1 Å². The molecule has 8 heteroatoms. The van der Waals surface area contributed by atoms with Crippen LogP contribution in [0.1, 0.15) is 5.56 Å². The first-order chi connectivity index (χ1) is 10.9. The summed E-state index contributed by atoms with van der Waals surface area (Å²) in [6.07, 6.45) is 0. The molecule has 0 aromatic heterocycles. The number of rotatable bonds is 5. The van der Waals surface area contributed by atoms with Crippen LogP contribution in [0.25, 0.3) is 0 Å². The van der Waals surface area contributed by atoms with Gasteiger partial charge in [0.15, 0.2) is 0 Å². The molecule has 0 spiro atoms. The van der Waals surface area contributed by atoms with Gasteiger partial charge < -0.3 is 10.6 Å². The summed E-state index contributed by atoms with van der Waals surface area (Å²) in [5.41, 5.74) is 1.27. The number of nitro benzene ring substituents is 1. The Labute approximate surface area is 142 Å². The van der Waals surface area contributed by atoms with Crippen LogP contribution in [0.15, 0.2) is 36.4 Å². The Hall–Kier alpha value is -2.31. The van der Waals surface area contributed by atoms with Gasteiger partial charge >= 0.3 is 0 Å². The summed E-state index contributed by atoms with van der Waals surface area (Å²) in [5, 5.41) is 17.3. The molecule has 0 fully saturated rings. The first-order valence-corrected chi connectivity index (χ1v) is 7.37. The molecule has 6 nitrogen and oxygen atoms in total. The minimum atomic E-state index is -0.491. The molecule has 0 radical (unpaired) electrons. The van der Waals surface area contributed by atoms with Gasteiger partial charge in [-0.3, -0.25) is 14.9 Å². The number of anilines is 2. The van der Waals surface area contributed by atoms with Gasteiger partial charge in [0.2, 0.25) is 5.91 Å². The summed E-state index contributed by atoms with van der Waals surface area (Å²) < 4.78 is 0. The number of hydrogen-bond acceptors (Lipinski definition) is 4.